The van der Waals surface area contributed by atoms with E-state index in [-0.39, 0.29) is 18.2 Å². The minimum atomic E-state index is -0.420. The summed E-state index contributed by atoms with van der Waals surface area (Å²) in [6.45, 7) is 2.49. The molecule has 6 nitrogen and oxygen atoms in total. The van der Waals surface area contributed by atoms with E-state index in [1.165, 1.54) is 12.0 Å². The topological polar surface area (TPSA) is 67.9 Å². The molecular formula is C21H19BrCl2N2O4. The number of ether oxygens (including phenoxy) is 2. The highest BCUT2D eigenvalue weighted by atomic mass is 79.9. The fraction of sp³-hybridized carbons (Fsp3) is 0.238. The molecule has 1 fully saturated rings. The van der Waals surface area contributed by atoms with Crippen molar-refractivity contribution in [1.29, 1.82) is 0 Å². The van der Waals surface area contributed by atoms with E-state index in [0.717, 1.165) is 5.56 Å². The van der Waals surface area contributed by atoms with Crippen LogP contribution in [0.1, 0.15) is 24.5 Å². The SMILES string of the molecule is CCCN1C(=O)N/C(=C/c2cc(OC)c(OCc3ccc(Cl)cc3Cl)cc2Br)C1=O. The minimum Gasteiger partial charge on any atom is -0.493 e. The molecule has 2 aromatic rings. The number of methoxy groups -OCH3 is 1. The average molecular weight is 514 g/mol. The van der Waals surface area contributed by atoms with Crippen molar-refractivity contribution in [3.8, 4) is 11.5 Å². The van der Waals surface area contributed by atoms with Crippen LogP contribution in [0.4, 0.5) is 4.79 Å². The Morgan fingerprint density at radius 2 is 1.93 bits per heavy atom. The fourth-order valence-electron chi connectivity index (χ4n) is 2.88. The summed E-state index contributed by atoms with van der Waals surface area (Å²) in [4.78, 5) is 25.6. The second kappa shape index (κ2) is 9.73. The van der Waals surface area contributed by atoms with Crippen LogP contribution >= 0.6 is 39.1 Å². The average Bonchev–Trinajstić information content (AvgIpc) is 2.96. The van der Waals surface area contributed by atoms with Crippen LogP contribution in [-0.4, -0.2) is 30.5 Å². The van der Waals surface area contributed by atoms with Crippen LogP contribution < -0.4 is 14.8 Å². The van der Waals surface area contributed by atoms with E-state index in [4.69, 9.17) is 32.7 Å². The number of halogens is 3. The van der Waals surface area contributed by atoms with Gasteiger partial charge in [-0.3, -0.25) is 9.69 Å². The predicted octanol–water partition coefficient (Wildman–Crippen LogP) is 5.65. The summed E-state index contributed by atoms with van der Waals surface area (Å²) in [6.07, 6.45) is 2.29. The minimum absolute atomic E-state index is 0.206. The molecule has 158 valence electrons. The lowest BCUT2D eigenvalue weighted by Crippen LogP contribution is -2.31. The largest absolute Gasteiger partial charge is 0.493 e. The van der Waals surface area contributed by atoms with Gasteiger partial charge in [0.25, 0.3) is 5.91 Å². The van der Waals surface area contributed by atoms with Gasteiger partial charge < -0.3 is 14.8 Å². The van der Waals surface area contributed by atoms with Crippen LogP contribution in [0.3, 0.4) is 0 Å². The van der Waals surface area contributed by atoms with Crippen molar-refractivity contribution in [2.45, 2.75) is 20.0 Å². The zero-order valence-corrected chi connectivity index (χ0v) is 19.4. The Labute approximate surface area is 192 Å². The van der Waals surface area contributed by atoms with E-state index >= 15 is 0 Å². The van der Waals surface area contributed by atoms with Crippen molar-refractivity contribution in [3.05, 3.63) is 61.7 Å². The number of carbonyl (C=O) groups is 2. The molecule has 3 rings (SSSR count). The fourth-order valence-corrected chi connectivity index (χ4v) is 3.78. The molecular weight excluding hydrogens is 495 g/mol. The lowest BCUT2D eigenvalue weighted by molar-refractivity contribution is -0.122. The number of nitrogens with zero attached hydrogens (tertiary/aromatic N) is 1. The van der Waals surface area contributed by atoms with Crippen LogP contribution in [0.15, 0.2) is 40.5 Å². The summed E-state index contributed by atoms with van der Waals surface area (Å²) in [7, 11) is 1.52. The first-order valence-corrected chi connectivity index (χ1v) is 10.7. The summed E-state index contributed by atoms with van der Waals surface area (Å²) >= 11 is 15.6. The van der Waals surface area contributed by atoms with Gasteiger partial charge in [0.1, 0.15) is 12.3 Å². The molecule has 0 radical (unpaired) electrons. The molecule has 0 saturated carbocycles. The molecule has 1 aliphatic heterocycles. The molecule has 1 saturated heterocycles. The van der Waals surface area contributed by atoms with Gasteiger partial charge in [0.2, 0.25) is 0 Å². The summed E-state index contributed by atoms with van der Waals surface area (Å²) in [5.41, 5.74) is 1.64. The number of amides is 3. The molecule has 0 unspecified atom stereocenters. The maximum Gasteiger partial charge on any atom is 0.329 e. The van der Waals surface area contributed by atoms with Crippen molar-refractivity contribution in [1.82, 2.24) is 10.2 Å². The summed E-state index contributed by atoms with van der Waals surface area (Å²) < 4.78 is 12.0. The molecule has 2 aromatic carbocycles. The second-order valence-electron chi connectivity index (χ2n) is 6.49. The maximum atomic E-state index is 12.4. The van der Waals surface area contributed by atoms with Gasteiger partial charge in [0, 0.05) is 26.6 Å². The standard InChI is InChI=1S/C21H19BrCl2N2O4/c1-3-6-26-20(27)17(25-21(26)28)7-13-8-18(29-2)19(10-15(13)22)30-11-12-4-5-14(23)9-16(12)24/h4-5,7-10H,3,6,11H2,1-2H3,(H,25,28)/b17-7+. The summed E-state index contributed by atoms with van der Waals surface area (Å²) in [6, 6.07) is 8.22. The number of carbonyl (C=O) groups excluding carboxylic acids is 2. The smallest absolute Gasteiger partial charge is 0.329 e. The van der Waals surface area contributed by atoms with Gasteiger partial charge in [-0.05, 0) is 42.3 Å². The quantitative estimate of drug-likeness (QED) is 0.384. The molecule has 0 bridgehead atoms. The Kier molecular flexibility index (Phi) is 7.28. The Morgan fingerprint density at radius 3 is 2.60 bits per heavy atom. The van der Waals surface area contributed by atoms with Crippen LogP contribution in [0.2, 0.25) is 10.0 Å². The van der Waals surface area contributed by atoms with E-state index in [0.29, 0.717) is 44.5 Å². The summed E-state index contributed by atoms with van der Waals surface area (Å²) in [5.74, 6) is 0.606. The van der Waals surface area contributed by atoms with Crippen molar-refractivity contribution in [2.24, 2.45) is 0 Å². The van der Waals surface area contributed by atoms with E-state index in [1.54, 1.807) is 36.4 Å². The first-order valence-electron chi connectivity index (χ1n) is 9.12. The molecule has 0 atom stereocenters. The molecule has 9 heteroatoms. The number of hydrogen-bond donors (Lipinski definition) is 1. The van der Waals surface area contributed by atoms with Crippen LogP contribution in [0, 0.1) is 0 Å². The zero-order valence-electron chi connectivity index (χ0n) is 16.3. The number of nitrogens with one attached hydrogen (secondary N) is 1. The van der Waals surface area contributed by atoms with Gasteiger partial charge in [-0.25, -0.2) is 4.79 Å². The lowest BCUT2D eigenvalue weighted by Gasteiger charge is -2.14. The first kappa shape index (κ1) is 22.5. The lowest BCUT2D eigenvalue weighted by atomic mass is 10.1. The van der Waals surface area contributed by atoms with Gasteiger partial charge in [0.05, 0.1) is 7.11 Å². The van der Waals surface area contributed by atoms with Gasteiger partial charge in [-0.2, -0.15) is 0 Å². The number of imide groups is 1. The van der Waals surface area contributed by atoms with Gasteiger partial charge >= 0.3 is 6.03 Å². The molecule has 1 aliphatic rings. The number of benzene rings is 2. The Bertz CT molecular complexity index is 1030. The van der Waals surface area contributed by atoms with Crippen molar-refractivity contribution < 1.29 is 19.1 Å². The van der Waals surface area contributed by atoms with Crippen molar-refractivity contribution in [3.63, 3.8) is 0 Å². The first-order chi connectivity index (χ1) is 14.3. The zero-order chi connectivity index (χ0) is 21.8. The van der Waals surface area contributed by atoms with E-state index < -0.39 is 6.03 Å². The van der Waals surface area contributed by atoms with Gasteiger partial charge in [-0.15, -0.1) is 0 Å². The molecule has 30 heavy (non-hydrogen) atoms. The third-order valence-electron chi connectivity index (χ3n) is 4.39. The normalized spacial score (nSPS) is 15.0. The third kappa shape index (κ3) is 4.91. The Hall–Kier alpha value is -2.22. The maximum absolute atomic E-state index is 12.4. The van der Waals surface area contributed by atoms with E-state index in [9.17, 15) is 9.59 Å². The Balaban J connectivity index is 1.84. The monoisotopic (exact) mass is 512 g/mol. The molecule has 1 heterocycles. The predicted molar refractivity (Wildman–Crippen MR) is 120 cm³/mol. The highest BCUT2D eigenvalue weighted by molar-refractivity contribution is 9.10. The van der Waals surface area contributed by atoms with Crippen LogP contribution in [-0.2, 0) is 11.4 Å². The summed E-state index contributed by atoms with van der Waals surface area (Å²) in [5, 5.41) is 3.66. The van der Waals surface area contributed by atoms with Crippen molar-refractivity contribution >= 4 is 57.1 Å². The molecule has 1 N–H and O–H groups in total. The number of hydrogen-bond acceptors (Lipinski definition) is 4. The second-order valence-corrected chi connectivity index (χ2v) is 8.19. The van der Waals surface area contributed by atoms with Crippen LogP contribution in [0.25, 0.3) is 6.08 Å². The molecule has 0 spiro atoms. The molecule has 0 aromatic heterocycles. The highest BCUT2D eigenvalue weighted by Gasteiger charge is 2.32. The molecule has 3 amide bonds. The molecule has 0 aliphatic carbocycles. The highest BCUT2D eigenvalue weighted by Crippen LogP contribution is 2.36. The third-order valence-corrected chi connectivity index (χ3v) is 5.66. The van der Waals surface area contributed by atoms with Crippen LogP contribution in [0.5, 0.6) is 11.5 Å². The van der Waals surface area contributed by atoms with E-state index in [2.05, 4.69) is 21.2 Å². The van der Waals surface area contributed by atoms with Gasteiger partial charge in [-0.1, -0.05) is 52.1 Å². The van der Waals surface area contributed by atoms with Crippen molar-refractivity contribution in [2.75, 3.05) is 13.7 Å². The number of rotatable bonds is 7. The van der Waals surface area contributed by atoms with E-state index in [1.807, 2.05) is 6.92 Å². The van der Waals surface area contributed by atoms with Gasteiger partial charge in [0.15, 0.2) is 11.5 Å². The Morgan fingerprint density at radius 1 is 1.17 bits per heavy atom. The number of urea groups is 1.